The second kappa shape index (κ2) is 7.01. The Labute approximate surface area is 139 Å². The van der Waals surface area contributed by atoms with Crippen molar-refractivity contribution in [2.45, 2.75) is 51.0 Å². The number of halogens is 3. The van der Waals surface area contributed by atoms with Gasteiger partial charge in [-0.15, -0.1) is 0 Å². The lowest BCUT2D eigenvalue weighted by Crippen LogP contribution is -2.54. The first-order valence-electron chi connectivity index (χ1n) is 8.01. The van der Waals surface area contributed by atoms with Crippen molar-refractivity contribution in [2.24, 2.45) is 0 Å². The molecule has 1 aliphatic rings. The van der Waals surface area contributed by atoms with Gasteiger partial charge in [-0.05, 0) is 37.6 Å². The summed E-state index contributed by atoms with van der Waals surface area (Å²) in [7, 11) is 0. The molecule has 4 nitrogen and oxygen atoms in total. The molecule has 0 saturated carbocycles. The highest BCUT2D eigenvalue weighted by Crippen LogP contribution is 2.38. The molecule has 134 valence electrons. The van der Waals surface area contributed by atoms with Crippen molar-refractivity contribution in [1.29, 1.82) is 0 Å². The van der Waals surface area contributed by atoms with Crippen LogP contribution >= 0.6 is 0 Å². The molecule has 0 spiro atoms. The van der Waals surface area contributed by atoms with Crippen LogP contribution in [0.5, 0.6) is 5.75 Å². The zero-order valence-corrected chi connectivity index (χ0v) is 13.8. The number of piperidine rings is 1. The topological polar surface area (TPSA) is 49.8 Å². The second-order valence-electron chi connectivity index (χ2n) is 6.18. The largest absolute Gasteiger partial charge is 0.491 e. The maximum atomic E-state index is 12.8. The first kappa shape index (κ1) is 18.6. The number of rotatable bonds is 4. The second-order valence-corrected chi connectivity index (χ2v) is 6.18. The maximum Gasteiger partial charge on any atom is 0.417 e. The van der Waals surface area contributed by atoms with Crippen LogP contribution in [0.4, 0.5) is 13.2 Å². The van der Waals surface area contributed by atoms with E-state index < -0.39 is 24.6 Å². The van der Waals surface area contributed by atoms with Gasteiger partial charge in [0.25, 0.3) is 5.91 Å². The third-order valence-electron chi connectivity index (χ3n) is 4.42. The predicted octanol–water partition coefficient (Wildman–Crippen LogP) is 3.39. The van der Waals surface area contributed by atoms with E-state index in [0.29, 0.717) is 11.3 Å². The number of amides is 1. The van der Waals surface area contributed by atoms with Crippen molar-refractivity contribution in [3.8, 4) is 5.75 Å². The SMILES string of the molecule is CCC(C)Oc1ccc(C(=O)N2CCC(O)(C(F)(F)F)CC2)cc1. The van der Waals surface area contributed by atoms with Crippen LogP contribution in [0.25, 0.3) is 0 Å². The minimum absolute atomic E-state index is 0.0636. The van der Waals surface area contributed by atoms with Crippen LogP contribution in [-0.2, 0) is 0 Å². The number of hydrogen-bond donors (Lipinski definition) is 1. The van der Waals surface area contributed by atoms with Crippen molar-refractivity contribution in [2.75, 3.05) is 13.1 Å². The highest BCUT2D eigenvalue weighted by molar-refractivity contribution is 5.94. The van der Waals surface area contributed by atoms with Gasteiger partial charge in [0.05, 0.1) is 6.10 Å². The van der Waals surface area contributed by atoms with Gasteiger partial charge in [-0.25, -0.2) is 0 Å². The van der Waals surface area contributed by atoms with Gasteiger partial charge in [-0.3, -0.25) is 4.79 Å². The average Bonchev–Trinajstić information content (AvgIpc) is 2.54. The molecule has 0 radical (unpaired) electrons. The molecular formula is C17H22F3NO3. The van der Waals surface area contributed by atoms with Crippen molar-refractivity contribution in [1.82, 2.24) is 4.90 Å². The number of aliphatic hydroxyl groups is 1. The predicted molar refractivity (Wildman–Crippen MR) is 83.0 cm³/mol. The fourth-order valence-corrected chi connectivity index (χ4v) is 2.54. The lowest BCUT2D eigenvalue weighted by atomic mass is 9.90. The van der Waals surface area contributed by atoms with E-state index in [-0.39, 0.29) is 25.1 Å². The summed E-state index contributed by atoms with van der Waals surface area (Å²) >= 11 is 0. The van der Waals surface area contributed by atoms with E-state index in [1.54, 1.807) is 24.3 Å². The van der Waals surface area contributed by atoms with Crippen molar-refractivity contribution < 1.29 is 27.8 Å². The highest BCUT2D eigenvalue weighted by Gasteiger charge is 2.54. The average molecular weight is 345 g/mol. The lowest BCUT2D eigenvalue weighted by molar-refractivity contribution is -0.271. The summed E-state index contributed by atoms with van der Waals surface area (Å²) in [4.78, 5) is 13.7. The molecule has 1 aromatic carbocycles. The van der Waals surface area contributed by atoms with Gasteiger partial charge < -0.3 is 14.7 Å². The number of carbonyl (C=O) groups is 1. The molecule has 1 aliphatic heterocycles. The third kappa shape index (κ3) is 4.01. The summed E-state index contributed by atoms with van der Waals surface area (Å²) in [5.41, 5.74) is -2.30. The summed E-state index contributed by atoms with van der Waals surface area (Å²) < 4.78 is 44.0. The van der Waals surface area contributed by atoms with Crippen LogP contribution in [0.2, 0.25) is 0 Å². The Morgan fingerprint density at radius 1 is 1.29 bits per heavy atom. The van der Waals surface area contributed by atoms with Crippen molar-refractivity contribution >= 4 is 5.91 Å². The third-order valence-corrected chi connectivity index (χ3v) is 4.42. The number of ether oxygens (including phenoxy) is 1. The Morgan fingerprint density at radius 2 is 1.83 bits per heavy atom. The first-order valence-corrected chi connectivity index (χ1v) is 8.01. The minimum atomic E-state index is -4.67. The summed E-state index contributed by atoms with van der Waals surface area (Å²) in [6.45, 7) is 3.69. The van der Waals surface area contributed by atoms with E-state index >= 15 is 0 Å². The van der Waals surface area contributed by atoms with Gasteiger partial charge in [0.1, 0.15) is 5.75 Å². The van der Waals surface area contributed by atoms with Gasteiger partial charge in [-0.2, -0.15) is 13.2 Å². The molecular weight excluding hydrogens is 323 g/mol. The summed E-state index contributed by atoms with van der Waals surface area (Å²) in [5.74, 6) is 0.306. The number of nitrogens with zero attached hydrogens (tertiary/aromatic N) is 1. The Kier molecular flexibility index (Phi) is 5.42. The van der Waals surface area contributed by atoms with E-state index in [0.717, 1.165) is 6.42 Å². The Bertz CT molecular complexity index is 563. The van der Waals surface area contributed by atoms with Gasteiger partial charge in [0.2, 0.25) is 0 Å². The van der Waals surface area contributed by atoms with Gasteiger partial charge in [0.15, 0.2) is 5.60 Å². The minimum Gasteiger partial charge on any atom is -0.491 e. The van der Waals surface area contributed by atoms with Gasteiger partial charge in [0, 0.05) is 31.5 Å². The molecule has 1 amide bonds. The molecule has 1 N–H and O–H groups in total. The molecule has 1 heterocycles. The normalized spacial score (nSPS) is 19.0. The monoisotopic (exact) mass is 345 g/mol. The lowest BCUT2D eigenvalue weighted by Gasteiger charge is -2.39. The van der Waals surface area contributed by atoms with Crippen LogP contribution in [-0.4, -0.2) is 46.9 Å². The Hall–Kier alpha value is -1.76. The van der Waals surface area contributed by atoms with Crippen molar-refractivity contribution in [3.63, 3.8) is 0 Å². The van der Waals surface area contributed by atoms with E-state index in [4.69, 9.17) is 4.74 Å². The fourth-order valence-electron chi connectivity index (χ4n) is 2.54. The van der Waals surface area contributed by atoms with Gasteiger partial charge in [-0.1, -0.05) is 6.92 Å². The zero-order valence-electron chi connectivity index (χ0n) is 13.8. The number of alkyl halides is 3. The Morgan fingerprint density at radius 3 is 2.29 bits per heavy atom. The summed E-state index contributed by atoms with van der Waals surface area (Å²) in [6.07, 6.45) is -4.75. The molecule has 0 aromatic heterocycles. The number of likely N-dealkylation sites (tertiary alicyclic amines) is 1. The smallest absolute Gasteiger partial charge is 0.417 e. The van der Waals surface area contributed by atoms with Crippen LogP contribution in [0.15, 0.2) is 24.3 Å². The van der Waals surface area contributed by atoms with E-state index in [9.17, 15) is 23.1 Å². The van der Waals surface area contributed by atoms with Crippen LogP contribution in [0.3, 0.4) is 0 Å². The molecule has 24 heavy (non-hydrogen) atoms. The van der Waals surface area contributed by atoms with E-state index in [1.807, 2.05) is 13.8 Å². The standard InChI is InChI=1S/C17H22F3NO3/c1-3-12(2)24-14-6-4-13(5-7-14)15(22)21-10-8-16(23,9-11-21)17(18,19)20/h4-7,12,23H,3,8-11H2,1-2H3. The number of carbonyl (C=O) groups excluding carboxylic acids is 1. The molecule has 1 unspecified atom stereocenters. The van der Waals surface area contributed by atoms with Crippen LogP contribution in [0.1, 0.15) is 43.5 Å². The number of benzene rings is 1. The van der Waals surface area contributed by atoms with E-state index in [2.05, 4.69) is 0 Å². The molecule has 0 bridgehead atoms. The molecule has 1 aromatic rings. The van der Waals surface area contributed by atoms with Gasteiger partial charge >= 0.3 is 6.18 Å². The summed E-state index contributed by atoms with van der Waals surface area (Å²) in [6, 6.07) is 6.56. The first-order chi connectivity index (χ1) is 11.2. The zero-order chi connectivity index (χ0) is 18.0. The molecule has 0 aliphatic carbocycles. The molecule has 1 saturated heterocycles. The molecule has 2 rings (SSSR count). The van der Waals surface area contributed by atoms with Crippen LogP contribution < -0.4 is 4.74 Å². The van der Waals surface area contributed by atoms with Crippen LogP contribution in [0, 0.1) is 0 Å². The number of hydrogen-bond acceptors (Lipinski definition) is 3. The molecule has 7 heteroatoms. The van der Waals surface area contributed by atoms with Crippen molar-refractivity contribution in [3.05, 3.63) is 29.8 Å². The Balaban J connectivity index is 1.98. The summed E-state index contributed by atoms with van der Waals surface area (Å²) in [5, 5.41) is 9.64. The quantitative estimate of drug-likeness (QED) is 0.910. The highest BCUT2D eigenvalue weighted by atomic mass is 19.4. The molecule has 1 fully saturated rings. The molecule has 1 atom stereocenters. The van der Waals surface area contributed by atoms with E-state index in [1.165, 1.54) is 4.90 Å². The maximum absolute atomic E-state index is 12.8. The fraction of sp³-hybridized carbons (Fsp3) is 0.588.